The predicted molar refractivity (Wildman–Crippen MR) is 103 cm³/mol. The van der Waals surface area contributed by atoms with Crippen molar-refractivity contribution in [2.45, 2.75) is 25.9 Å². The summed E-state index contributed by atoms with van der Waals surface area (Å²) in [7, 11) is 3.11. The van der Waals surface area contributed by atoms with Gasteiger partial charge < -0.3 is 19.5 Å². The van der Waals surface area contributed by atoms with Crippen LogP contribution in [0, 0.1) is 11.3 Å². The Labute approximate surface area is 163 Å². The largest absolute Gasteiger partial charge is 0.497 e. The number of carbonyl (C=O) groups is 2. The van der Waals surface area contributed by atoms with Gasteiger partial charge in [0.2, 0.25) is 0 Å². The number of benzene rings is 2. The van der Waals surface area contributed by atoms with Crippen molar-refractivity contribution in [3.63, 3.8) is 0 Å². The number of rotatable bonds is 8. The molecule has 0 radical (unpaired) electrons. The number of carbonyl (C=O) groups excluding carboxylic acids is 2. The molecule has 0 fully saturated rings. The van der Waals surface area contributed by atoms with E-state index >= 15 is 0 Å². The first kappa shape index (κ1) is 20.8. The first-order chi connectivity index (χ1) is 13.5. The minimum atomic E-state index is -0.987. The van der Waals surface area contributed by atoms with Gasteiger partial charge in [-0.15, -0.1) is 0 Å². The molecule has 0 aliphatic heterocycles. The van der Waals surface area contributed by atoms with Crippen molar-refractivity contribution in [2.24, 2.45) is 0 Å². The number of anilines is 1. The van der Waals surface area contributed by atoms with Crippen molar-refractivity contribution in [3.8, 4) is 17.6 Å². The van der Waals surface area contributed by atoms with Gasteiger partial charge in [-0.05, 0) is 43.2 Å². The first-order valence-electron chi connectivity index (χ1n) is 8.68. The molecule has 0 aromatic heterocycles. The highest BCUT2D eigenvalue weighted by molar-refractivity contribution is 5.96. The molecule has 1 amide bonds. The summed E-state index contributed by atoms with van der Waals surface area (Å²) >= 11 is 0. The number of methoxy groups -OCH3 is 2. The zero-order chi connectivity index (χ0) is 20.5. The fourth-order valence-corrected chi connectivity index (χ4v) is 2.49. The molecule has 1 atom stereocenters. The molecular formula is C21H22N2O5. The normalized spacial score (nSPS) is 11.1. The van der Waals surface area contributed by atoms with E-state index in [4.69, 9.17) is 19.5 Å². The Bertz CT molecular complexity index is 866. The summed E-state index contributed by atoms with van der Waals surface area (Å²) in [5.74, 6) is 0.260. The Morgan fingerprint density at radius 2 is 1.75 bits per heavy atom. The van der Waals surface area contributed by atoms with E-state index in [-0.39, 0.29) is 6.42 Å². The maximum Gasteiger partial charge on any atom is 0.306 e. The van der Waals surface area contributed by atoms with Crippen LogP contribution in [0.4, 0.5) is 5.69 Å². The van der Waals surface area contributed by atoms with E-state index in [9.17, 15) is 9.59 Å². The fourth-order valence-electron chi connectivity index (χ4n) is 2.49. The number of nitrogens with one attached hydrogen (secondary N) is 1. The van der Waals surface area contributed by atoms with Gasteiger partial charge >= 0.3 is 5.97 Å². The predicted octanol–water partition coefficient (Wildman–Crippen LogP) is 3.08. The summed E-state index contributed by atoms with van der Waals surface area (Å²) in [5, 5.41) is 11.7. The van der Waals surface area contributed by atoms with E-state index < -0.39 is 18.0 Å². The zero-order valence-electron chi connectivity index (χ0n) is 16.0. The van der Waals surface area contributed by atoms with Crippen molar-refractivity contribution < 1.29 is 23.8 Å². The summed E-state index contributed by atoms with van der Waals surface area (Å²) < 4.78 is 15.6. The summed E-state index contributed by atoms with van der Waals surface area (Å²) in [6.07, 6.45) is -0.472. The molecule has 0 aliphatic rings. The number of nitriles is 1. The molecule has 0 saturated carbocycles. The molecule has 0 bridgehead atoms. The molecule has 0 heterocycles. The van der Waals surface area contributed by atoms with Gasteiger partial charge in [-0.1, -0.05) is 12.1 Å². The Kier molecular flexibility index (Phi) is 7.40. The van der Waals surface area contributed by atoms with Crippen molar-refractivity contribution in [1.82, 2.24) is 0 Å². The lowest BCUT2D eigenvalue weighted by atomic mass is 10.1. The summed E-state index contributed by atoms with van der Waals surface area (Å²) in [4.78, 5) is 24.3. The minimum absolute atomic E-state index is 0.0999. The van der Waals surface area contributed by atoms with Crippen LogP contribution < -0.4 is 14.8 Å². The topological polar surface area (TPSA) is 97.6 Å². The van der Waals surface area contributed by atoms with Gasteiger partial charge in [0.05, 0.1) is 25.5 Å². The molecule has 1 unspecified atom stereocenters. The third-order valence-electron chi connectivity index (χ3n) is 4.01. The Morgan fingerprint density at radius 3 is 2.36 bits per heavy atom. The molecule has 0 saturated heterocycles. The van der Waals surface area contributed by atoms with Gasteiger partial charge in [0.1, 0.15) is 17.6 Å². The number of hydrogen-bond acceptors (Lipinski definition) is 6. The molecule has 0 spiro atoms. The molecular weight excluding hydrogens is 360 g/mol. The zero-order valence-corrected chi connectivity index (χ0v) is 16.0. The Hall–Kier alpha value is -3.53. The summed E-state index contributed by atoms with van der Waals surface area (Å²) in [5.41, 5.74) is 1.57. The molecule has 146 valence electrons. The quantitative estimate of drug-likeness (QED) is 0.705. The maximum atomic E-state index is 12.2. The molecule has 1 N–H and O–H groups in total. The smallest absolute Gasteiger partial charge is 0.306 e. The van der Waals surface area contributed by atoms with Crippen molar-refractivity contribution >= 4 is 17.6 Å². The number of aryl methyl sites for hydroxylation is 1. The van der Waals surface area contributed by atoms with E-state index in [1.54, 1.807) is 44.6 Å². The van der Waals surface area contributed by atoms with Crippen LogP contribution in [0.5, 0.6) is 11.5 Å². The van der Waals surface area contributed by atoms with Crippen molar-refractivity contribution in [3.05, 3.63) is 53.6 Å². The number of esters is 1. The average Bonchev–Trinajstić information content (AvgIpc) is 2.72. The van der Waals surface area contributed by atoms with Gasteiger partial charge in [0, 0.05) is 12.5 Å². The monoisotopic (exact) mass is 382 g/mol. The van der Waals surface area contributed by atoms with E-state index in [1.807, 2.05) is 18.2 Å². The van der Waals surface area contributed by atoms with E-state index in [2.05, 4.69) is 5.32 Å². The highest BCUT2D eigenvalue weighted by Crippen LogP contribution is 2.23. The molecule has 0 aliphatic carbocycles. The Morgan fingerprint density at radius 1 is 1.11 bits per heavy atom. The van der Waals surface area contributed by atoms with E-state index in [0.717, 1.165) is 5.56 Å². The van der Waals surface area contributed by atoms with Crippen LogP contribution >= 0.6 is 0 Å². The second-order valence-corrected chi connectivity index (χ2v) is 6.00. The fraction of sp³-hybridized carbons (Fsp3) is 0.286. The lowest BCUT2D eigenvalue weighted by molar-refractivity contribution is -0.153. The lowest BCUT2D eigenvalue weighted by Gasteiger charge is -2.14. The second kappa shape index (κ2) is 9.97. The molecule has 2 aromatic rings. The Balaban J connectivity index is 1.90. The number of ether oxygens (including phenoxy) is 3. The summed E-state index contributed by atoms with van der Waals surface area (Å²) in [6.45, 7) is 1.48. The highest BCUT2D eigenvalue weighted by Gasteiger charge is 2.19. The van der Waals surface area contributed by atoms with Crippen molar-refractivity contribution in [2.75, 3.05) is 19.5 Å². The average molecular weight is 382 g/mol. The molecule has 7 nitrogen and oxygen atoms in total. The van der Waals surface area contributed by atoms with Crippen LogP contribution in [0.2, 0.25) is 0 Å². The lowest BCUT2D eigenvalue weighted by Crippen LogP contribution is -2.30. The van der Waals surface area contributed by atoms with Crippen LogP contribution in [0.15, 0.2) is 42.5 Å². The second-order valence-electron chi connectivity index (χ2n) is 6.00. The maximum absolute atomic E-state index is 12.2. The van der Waals surface area contributed by atoms with E-state index in [0.29, 0.717) is 29.2 Å². The van der Waals surface area contributed by atoms with E-state index in [1.165, 1.54) is 6.92 Å². The van der Waals surface area contributed by atoms with Crippen LogP contribution in [0.25, 0.3) is 0 Å². The third kappa shape index (κ3) is 5.74. The van der Waals surface area contributed by atoms with Crippen LogP contribution in [-0.2, 0) is 20.7 Å². The first-order valence-corrected chi connectivity index (χ1v) is 8.68. The highest BCUT2D eigenvalue weighted by atomic mass is 16.5. The molecule has 7 heteroatoms. The van der Waals surface area contributed by atoms with Gasteiger partial charge in [-0.25, -0.2) is 0 Å². The SMILES string of the molecule is COc1cc(CCC(=O)OC(C)C(=O)Nc2ccccc2C#N)cc(OC)c1. The molecule has 2 aromatic carbocycles. The van der Waals surface area contributed by atoms with Crippen LogP contribution in [0.1, 0.15) is 24.5 Å². The molecule has 28 heavy (non-hydrogen) atoms. The standard InChI is InChI=1S/C21H22N2O5/c1-14(21(25)23-19-7-5-4-6-16(19)13-22)28-20(24)9-8-15-10-17(26-2)12-18(11-15)27-3/h4-7,10-12,14H,8-9H2,1-3H3,(H,23,25). The number of nitrogens with zero attached hydrogens (tertiary/aromatic N) is 1. The summed E-state index contributed by atoms with van der Waals surface area (Å²) in [6, 6.07) is 14.0. The van der Waals surface area contributed by atoms with Gasteiger partial charge in [-0.2, -0.15) is 5.26 Å². The van der Waals surface area contributed by atoms with Gasteiger partial charge in [0.15, 0.2) is 6.10 Å². The number of amides is 1. The van der Waals surface area contributed by atoms with Crippen LogP contribution in [-0.4, -0.2) is 32.2 Å². The van der Waals surface area contributed by atoms with Crippen LogP contribution in [0.3, 0.4) is 0 Å². The minimum Gasteiger partial charge on any atom is -0.497 e. The molecule has 2 rings (SSSR count). The number of hydrogen-bond donors (Lipinski definition) is 1. The number of para-hydroxylation sites is 1. The van der Waals surface area contributed by atoms with Crippen molar-refractivity contribution in [1.29, 1.82) is 5.26 Å². The van der Waals surface area contributed by atoms with Gasteiger partial charge in [-0.3, -0.25) is 9.59 Å². The third-order valence-corrected chi connectivity index (χ3v) is 4.01. The van der Waals surface area contributed by atoms with Gasteiger partial charge in [0.25, 0.3) is 5.91 Å².